The van der Waals surface area contributed by atoms with Crippen molar-refractivity contribution in [1.29, 1.82) is 0 Å². The quantitative estimate of drug-likeness (QED) is 0.771. The van der Waals surface area contributed by atoms with Gasteiger partial charge < -0.3 is 5.73 Å². The standard InChI is InChI=1S/C10H15FN2O2S/c11-10-5-2-1-4-9(10)8-13-16(14,15)7-3-6-12/h1-2,4-5,13H,3,6-8,12H2. The highest BCUT2D eigenvalue weighted by molar-refractivity contribution is 7.89. The third kappa shape index (κ3) is 4.26. The van der Waals surface area contributed by atoms with Crippen molar-refractivity contribution >= 4 is 10.0 Å². The Morgan fingerprint density at radius 1 is 1.31 bits per heavy atom. The smallest absolute Gasteiger partial charge is 0.211 e. The first-order valence-electron chi connectivity index (χ1n) is 4.96. The molecule has 0 saturated heterocycles. The van der Waals surface area contributed by atoms with Crippen molar-refractivity contribution in [1.82, 2.24) is 4.72 Å². The Balaban J connectivity index is 2.55. The molecule has 0 aliphatic rings. The summed E-state index contributed by atoms with van der Waals surface area (Å²) in [6.07, 6.45) is 0.395. The van der Waals surface area contributed by atoms with Crippen LogP contribution in [0, 0.1) is 5.82 Å². The molecule has 0 heterocycles. The zero-order valence-corrected chi connectivity index (χ0v) is 9.63. The first-order chi connectivity index (χ1) is 7.55. The molecule has 0 aliphatic heterocycles. The molecule has 90 valence electrons. The highest BCUT2D eigenvalue weighted by Crippen LogP contribution is 2.06. The molecule has 0 aromatic heterocycles. The Kier molecular flexibility index (Phi) is 4.85. The molecule has 0 spiro atoms. The summed E-state index contributed by atoms with van der Waals surface area (Å²) in [5.74, 6) is -0.443. The maximum Gasteiger partial charge on any atom is 0.211 e. The monoisotopic (exact) mass is 246 g/mol. The second kappa shape index (κ2) is 5.93. The topological polar surface area (TPSA) is 72.2 Å². The number of hydrogen-bond donors (Lipinski definition) is 2. The van der Waals surface area contributed by atoms with Gasteiger partial charge in [-0.2, -0.15) is 0 Å². The van der Waals surface area contributed by atoms with Gasteiger partial charge in [-0.3, -0.25) is 0 Å². The highest BCUT2D eigenvalue weighted by atomic mass is 32.2. The minimum absolute atomic E-state index is 0.0282. The van der Waals surface area contributed by atoms with Crippen LogP contribution < -0.4 is 10.5 Å². The SMILES string of the molecule is NCCCS(=O)(=O)NCc1ccccc1F. The number of rotatable bonds is 6. The molecule has 0 bridgehead atoms. The maximum atomic E-state index is 13.2. The summed E-state index contributed by atoms with van der Waals surface area (Å²) in [6, 6.07) is 6.05. The second-order valence-electron chi connectivity index (χ2n) is 3.37. The molecule has 0 radical (unpaired) electrons. The molecule has 1 aromatic carbocycles. The molecule has 0 amide bonds. The van der Waals surface area contributed by atoms with Gasteiger partial charge in [-0.05, 0) is 19.0 Å². The van der Waals surface area contributed by atoms with Crippen LogP contribution in [0.5, 0.6) is 0 Å². The van der Waals surface area contributed by atoms with E-state index >= 15 is 0 Å². The van der Waals surface area contributed by atoms with Crippen LogP contribution in [0.15, 0.2) is 24.3 Å². The van der Waals surface area contributed by atoms with Gasteiger partial charge in [0.25, 0.3) is 0 Å². The van der Waals surface area contributed by atoms with Gasteiger partial charge in [0.1, 0.15) is 5.82 Å². The summed E-state index contributed by atoms with van der Waals surface area (Å²) < 4.78 is 38.3. The molecule has 0 fully saturated rings. The van der Waals surface area contributed by atoms with Crippen molar-refractivity contribution < 1.29 is 12.8 Å². The molecule has 0 aliphatic carbocycles. The lowest BCUT2D eigenvalue weighted by molar-refractivity contribution is 0.572. The number of benzene rings is 1. The van der Waals surface area contributed by atoms with Crippen molar-refractivity contribution in [2.75, 3.05) is 12.3 Å². The zero-order chi connectivity index (χ0) is 12.0. The van der Waals surface area contributed by atoms with Gasteiger partial charge in [-0.1, -0.05) is 18.2 Å². The van der Waals surface area contributed by atoms with E-state index in [1.54, 1.807) is 18.2 Å². The molecule has 16 heavy (non-hydrogen) atoms. The maximum absolute atomic E-state index is 13.2. The van der Waals surface area contributed by atoms with E-state index < -0.39 is 15.8 Å². The van der Waals surface area contributed by atoms with Crippen LogP contribution in [-0.2, 0) is 16.6 Å². The largest absolute Gasteiger partial charge is 0.330 e. The summed E-state index contributed by atoms with van der Waals surface area (Å²) in [5.41, 5.74) is 5.55. The fraction of sp³-hybridized carbons (Fsp3) is 0.400. The fourth-order valence-electron chi connectivity index (χ4n) is 1.17. The number of nitrogens with one attached hydrogen (secondary N) is 1. The first kappa shape index (κ1) is 13.1. The average molecular weight is 246 g/mol. The van der Waals surface area contributed by atoms with Crippen LogP contribution in [0.2, 0.25) is 0 Å². The first-order valence-corrected chi connectivity index (χ1v) is 6.61. The van der Waals surface area contributed by atoms with Crippen LogP contribution in [0.4, 0.5) is 4.39 Å². The van der Waals surface area contributed by atoms with E-state index in [0.29, 0.717) is 18.5 Å². The molecule has 4 nitrogen and oxygen atoms in total. The van der Waals surface area contributed by atoms with Crippen molar-refractivity contribution in [3.8, 4) is 0 Å². The van der Waals surface area contributed by atoms with Crippen molar-refractivity contribution in [3.63, 3.8) is 0 Å². The summed E-state index contributed by atoms with van der Waals surface area (Å²) in [6.45, 7) is 0.292. The van der Waals surface area contributed by atoms with Gasteiger partial charge in [0.15, 0.2) is 0 Å². The van der Waals surface area contributed by atoms with Gasteiger partial charge >= 0.3 is 0 Å². The Bertz CT molecular complexity index is 434. The van der Waals surface area contributed by atoms with Crippen LogP contribution in [0.3, 0.4) is 0 Å². The minimum atomic E-state index is -3.36. The number of sulfonamides is 1. The average Bonchev–Trinajstić information content (AvgIpc) is 2.26. The lowest BCUT2D eigenvalue weighted by atomic mass is 10.2. The molecule has 0 saturated carbocycles. The highest BCUT2D eigenvalue weighted by Gasteiger charge is 2.10. The van der Waals surface area contributed by atoms with Crippen molar-refractivity contribution in [3.05, 3.63) is 35.6 Å². The van der Waals surface area contributed by atoms with Crippen molar-refractivity contribution in [2.45, 2.75) is 13.0 Å². The predicted molar refractivity (Wildman–Crippen MR) is 60.7 cm³/mol. The molecule has 0 atom stereocenters. The molecular formula is C10H15FN2O2S. The summed E-state index contributed by atoms with van der Waals surface area (Å²) >= 11 is 0. The van der Waals surface area contributed by atoms with Crippen LogP contribution in [0.25, 0.3) is 0 Å². The van der Waals surface area contributed by atoms with E-state index in [2.05, 4.69) is 4.72 Å². The van der Waals surface area contributed by atoms with E-state index in [1.807, 2.05) is 0 Å². The molecule has 1 rings (SSSR count). The van der Waals surface area contributed by atoms with E-state index in [1.165, 1.54) is 6.07 Å². The van der Waals surface area contributed by atoms with E-state index in [4.69, 9.17) is 5.73 Å². The van der Waals surface area contributed by atoms with E-state index in [9.17, 15) is 12.8 Å². The molecule has 1 aromatic rings. The van der Waals surface area contributed by atoms with Gasteiger partial charge in [-0.15, -0.1) is 0 Å². The van der Waals surface area contributed by atoms with Crippen LogP contribution in [-0.4, -0.2) is 20.7 Å². The normalized spacial score (nSPS) is 11.6. The lowest BCUT2D eigenvalue weighted by Crippen LogP contribution is -2.27. The van der Waals surface area contributed by atoms with E-state index in [-0.39, 0.29) is 12.3 Å². The summed E-state index contributed by atoms with van der Waals surface area (Å²) in [4.78, 5) is 0. The summed E-state index contributed by atoms with van der Waals surface area (Å²) in [5, 5.41) is 0. The zero-order valence-electron chi connectivity index (χ0n) is 8.82. The predicted octanol–water partition coefficient (Wildman–Crippen LogP) is 0.594. The third-order valence-electron chi connectivity index (χ3n) is 2.06. The van der Waals surface area contributed by atoms with Gasteiger partial charge in [0.05, 0.1) is 5.75 Å². The Morgan fingerprint density at radius 3 is 2.62 bits per heavy atom. The Labute approximate surface area is 94.7 Å². The number of nitrogens with two attached hydrogens (primary N) is 1. The number of halogens is 1. The molecule has 0 unspecified atom stereocenters. The fourth-order valence-corrected chi connectivity index (χ4v) is 2.24. The molecular weight excluding hydrogens is 231 g/mol. The summed E-state index contributed by atoms with van der Waals surface area (Å²) in [7, 11) is -3.36. The van der Waals surface area contributed by atoms with Crippen molar-refractivity contribution in [2.24, 2.45) is 5.73 Å². The Hall–Kier alpha value is -0.980. The Morgan fingerprint density at radius 2 is 2.00 bits per heavy atom. The van der Waals surface area contributed by atoms with Gasteiger partial charge in [-0.25, -0.2) is 17.5 Å². The lowest BCUT2D eigenvalue weighted by Gasteiger charge is -2.06. The van der Waals surface area contributed by atoms with Gasteiger partial charge in [0, 0.05) is 12.1 Å². The number of hydrogen-bond acceptors (Lipinski definition) is 3. The minimum Gasteiger partial charge on any atom is -0.330 e. The second-order valence-corrected chi connectivity index (χ2v) is 5.30. The molecule has 3 N–H and O–H groups in total. The van der Waals surface area contributed by atoms with E-state index in [0.717, 1.165) is 0 Å². The molecule has 6 heteroatoms. The van der Waals surface area contributed by atoms with Crippen LogP contribution in [0.1, 0.15) is 12.0 Å². The third-order valence-corrected chi connectivity index (χ3v) is 3.47. The van der Waals surface area contributed by atoms with Crippen LogP contribution >= 0.6 is 0 Å². The van der Waals surface area contributed by atoms with Gasteiger partial charge in [0.2, 0.25) is 10.0 Å².